The fraction of sp³-hybridized carbons (Fsp3) is 0.692. The van der Waals surface area contributed by atoms with Crippen LogP contribution in [0.3, 0.4) is 0 Å². The fourth-order valence-corrected chi connectivity index (χ4v) is 5.15. The predicted molar refractivity (Wildman–Crippen MR) is 145 cm³/mol. The van der Waals surface area contributed by atoms with Crippen molar-refractivity contribution in [1.29, 1.82) is 0 Å². The molecule has 1 aromatic rings. The molecular weight excluding hydrogens is 597 g/mol. The van der Waals surface area contributed by atoms with Crippen molar-refractivity contribution in [2.75, 3.05) is 12.3 Å². The van der Waals surface area contributed by atoms with Gasteiger partial charge < -0.3 is 59.6 Å². The number of carbonyl (C=O) groups is 2. The average Bonchev–Trinajstić information content (AvgIpc) is 2.92. The van der Waals surface area contributed by atoms with E-state index in [2.05, 4.69) is 4.52 Å². The van der Waals surface area contributed by atoms with E-state index in [0.29, 0.717) is 19.3 Å². The van der Waals surface area contributed by atoms with Gasteiger partial charge in [0.2, 0.25) is 6.29 Å². The number of anilines is 1. The van der Waals surface area contributed by atoms with Crippen LogP contribution in [0.1, 0.15) is 56.3 Å². The maximum absolute atomic E-state index is 12.6. The number of esters is 2. The minimum atomic E-state index is -5.23. The van der Waals surface area contributed by atoms with Gasteiger partial charge in [0.25, 0.3) is 0 Å². The highest BCUT2D eigenvalue weighted by Gasteiger charge is 2.50. The second-order valence-electron chi connectivity index (χ2n) is 10.5. The van der Waals surface area contributed by atoms with Crippen molar-refractivity contribution in [2.24, 2.45) is 0 Å². The van der Waals surface area contributed by atoms with Crippen LogP contribution >= 0.6 is 7.82 Å². The zero-order valence-electron chi connectivity index (χ0n) is 23.7. The number of hydrogen-bond acceptors (Lipinski definition) is 14. The van der Waals surface area contributed by atoms with Crippen LogP contribution in [-0.4, -0.2) is 110 Å². The van der Waals surface area contributed by atoms with Gasteiger partial charge in [0.05, 0.1) is 23.9 Å². The zero-order valence-corrected chi connectivity index (χ0v) is 24.6. The topological polar surface area (TPSA) is 254 Å². The first kappa shape index (κ1) is 35.3. The van der Waals surface area contributed by atoms with Crippen molar-refractivity contribution in [3.8, 4) is 0 Å². The Kier molecular flexibility index (Phi) is 12.9. The molecule has 2 aliphatic heterocycles. The standard InChI is InChI=1S/C26H40NO15P/c1-13(38-25-18(29)11-17(28)14(2)39-25)7-3-6-10-20(30)37-12-19-21(31)23(42-43(34,35)36)22(32)26(40-19)41-24(33)15-8-4-5-9-16(15)27/h4-5,8-9,13-14,17-19,21-23,25-26,28-29,31-32H,3,6-7,10-12,27H2,1-2H3,(H2,34,35,36)/t13-,14+,17-,18-,19-,21-,22-,23+,25-,26+/m1/s1. The molecule has 2 heterocycles. The lowest BCUT2D eigenvalue weighted by atomic mass is 9.99. The van der Waals surface area contributed by atoms with Gasteiger partial charge in [-0.05, 0) is 38.8 Å². The van der Waals surface area contributed by atoms with Gasteiger partial charge >= 0.3 is 19.8 Å². The summed E-state index contributed by atoms with van der Waals surface area (Å²) < 4.78 is 43.0. The summed E-state index contributed by atoms with van der Waals surface area (Å²) in [6, 6.07) is 5.85. The Hall–Kier alpha value is -2.21. The lowest BCUT2D eigenvalue weighted by Crippen LogP contribution is -2.60. The number of aliphatic hydroxyl groups excluding tert-OH is 4. The van der Waals surface area contributed by atoms with Crippen molar-refractivity contribution in [1.82, 2.24) is 0 Å². The van der Waals surface area contributed by atoms with E-state index >= 15 is 0 Å². The van der Waals surface area contributed by atoms with E-state index in [9.17, 15) is 44.4 Å². The van der Waals surface area contributed by atoms with Crippen LogP contribution in [0.2, 0.25) is 0 Å². The number of unbranched alkanes of at least 4 members (excludes halogenated alkanes) is 1. The fourth-order valence-electron chi connectivity index (χ4n) is 4.58. The third kappa shape index (κ3) is 10.4. The van der Waals surface area contributed by atoms with Gasteiger partial charge in [0.15, 0.2) is 6.29 Å². The number of carbonyl (C=O) groups excluding carboxylic acids is 2. The van der Waals surface area contributed by atoms with Crippen LogP contribution in [0.4, 0.5) is 5.69 Å². The summed E-state index contributed by atoms with van der Waals surface area (Å²) in [5.74, 6) is -1.71. The summed E-state index contributed by atoms with van der Waals surface area (Å²) in [5, 5.41) is 40.9. The Morgan fingerprint density at radius 2 is 1.74 bits per heavy atom. The van der Waals surface area contributed by atoms with E-state index in [1.54, 1.807) is 19.9 Å². The molecule has 0 aliphatic carbocycles. The molecule has 0 unspecified atom stereocenters. The molecule has 16 nitrogen and oxygen atoms in total. The molecule has 244 valence electrons. The van der Waals surface area contributed by atoms with Crippen LogP contribution < -0.4 is 5.73 Å². The van der Waals surface area contributed by atoms with E-state index in [1.807, 2.05) is 0 Å². The summed E-state index contributed by atoms with van der Waals surface area (Å²) in [4.78, 5) is 43.5. The first-order valence-corrected chi connectivity index (χ1v) is 15.3. The van der Waals surface area contributed by atoms with E-state index in [1.165, 1.54) is 18.2 Å². The largest absolute Gasteiger partial charge is 0.470 e. The second-order valence-corrected chi connectivity index (χ2v) is 11.7. The number of nitrogens with two attached hydrogens (primary N) is 1. The third-order valence-electron chi connectivity index (χ3n) is 7.01. The van der Waals surface area contributed by atoms with Gasteiger partial charge in [-0.1, -0.05) is 18.6 Å². The molecule has 2 aliphatic rings. The molecule has 17 heteroatoms. The Labute approximate surface area is 247 Å². The number of phosphoric ester groups is 1. The molecule has 2 saturated heterocycles. The van der Waals surface area contributed by atoms with Gasteiger partial charge in [0.1, 0.15) is 37.1 Å². The number of para-hydroxylation sites is 1. The first-order chi connectivity index (χ1) is 20.2. The van der Waals surface area contributed by atoms with Gasteiger partial charge in [-0.25, -0.2) is 9.36 Å². The molecule has 0 bridgehead atoms. The number of hydrogen-bond donors (Lipinski definition) is 7. The van der Waals surface area contributed by atoms with E-state index < -0.39 is 81.7 Å². The van der Waals surface area contributed by atoms with Gasteiger partial charge in [-0.3, -0.25) is 9.32 Å². The van der Waals surface area contributed by atoms with Crippen LogP contribution in [0.25, 0.3) is 0 Å². The number of aliphatic hydroxyl groups is 4. The predicted octanol–water partition coefficient (Wildman–Crippen LogP) is -0.284. The molecule has 0 spiro atoms. The molecule has 43 heavy (non-hydrogen) atoms. The van der Waals surface area contributed by atoms with E-state index in [4.69, 9.17) is 29.4 Å². The molecule has 3 rings (SSSR count). The highest BCUT2D eigenvalue weighted by Crippen LogP contribution is 2.41. The smallest absolute Gasteiger partial charge is 0.463 e. The first-order valence-electron chi connectivity index (χ1n) is 13.8. The molecule has 0 aromatic heterocycles. The Morgan fingerprint density at radius 3 is 2.42 bits per heavy atom. The van der Waals surface area contributed by atoms with Crippen molar-refractivity contribution in [2.45, 2.75) is 107 Å². The highest BCUT2D eigenvalue weighted by atomic mass is 31.2. The third-order valence-corrected chi connectivity index (χ3v) is 7.53. The Morgan fingerprint density at radius 1 is 1.05 bits per heavy atom. The zero-order chi connectivity index (χ0) is 31.9. The summed E-state index contributed by atoms with van der Waals surface area (Å²) in [6.45, 7) is 2.85. The van der Waals surface area contributed by atoms with Crippen molar-refractivity contribution >= 4 is 25.4 Å². The Bertz CT molecular complexity index is 1120. The second kappa shape index (κ2) is 15.7. The number of nitrogen functional groups attached to an aromatic ring is 1. The van der Waals surface area contributed by atoms with E-state index in [-0.39, 0.29) is 30.2 Å². The molecule has 10 atom stereocenters. The molecule has 8 N–H and O–H groups in total. The summed E-state index contributed by atoms with van der Waals surface area (Å²) >= 11 is 0. The quantitative estimate of drug-likeness (QED) is 0.0635. The molecule has 0 saturated carbocycles. The number of rotatable bonds is 13. The number of ether oxygens (including phenoxy) is 5. The van der Waals surface area contributed by atoms with Crippen LogP contribution in [0.5, 0.6) is 0 Å². The molecule has 0 amide bonds. The van der Waals surface area contributed by atoms with E-state index in [0.717, 1.165) is 0 Å². The molecule has 2 fully saturated rings. The van der Waals surface area contributed by atoms with Crippen LogP contribution in [-0.2, 0) is 37.6 Å². The molecule has 1 aromatic carbocycles. The number of benzene rings is 1. The molecule has 0 radical (unpaired) electrons. The maximum atomic E-state index is 12.6. The SMILES string of the molecule is C[C@H](CCCCC(=O)OC[C@H]1O[C@@H](OC(=O)c2ccccc2N)[C@H](O)[C@@H](OP(=O)(O)O)[C@@H]1O)O[C@@H]1O[C@@H](C)[C@H](O)C[C@H]1O. The van der Waals surface area contributed by atoms with Gasteiger partial charge in [0, 0.05) is 18.5 Å². The minimum absolute atomic E-state index is 0.0297. The number of phosphoric acid groups is 1. The summed E-state index contributed by atoms with van der Waals surface area (Å²) in [6.07, 6.45) is -11.1. The summed E-state index contributed by atoms with van der Waals surface area (Å²) in [5.41, 5.74) is 5.75. The van der Waals surface area contributed by atoms with Crippen LogP contribution in [0.15, 0.2) is 24.3 Å². The van der Waals surface area contributed by atoms with Crippen molar-refractivity contribution in [3.63, 3.8) is 0 Å². The van der Waals surface area contributed by atoms with Crippen molar-refractivity contribution < 1.29 is 72.6 Å². The summed E-state index contributed by atoms with van der Waals surface area (Å²) in [7, 11) is -5.23. The van der Waals surface area contributed by atoms with Crippen molar-refractivity contribution in [3.05, 3.63) is 29.8 Å². The normalized spacial score (nSPS) is 32.1. The highest BCUT2D eigenvalue weighted by molar-refractivity contribution is 7.46. The lowest BCUT2D eigenvalue weighted by Gasteiger charge is -2.41. The van der Waals surface area contributed by atoms with Gasteiger partial charge in [-0.2, -0.15) is 0 Å². The average molecular weight is 638 g/mol. The Balaban J connectivity index is 1.49. The lowest BCUT2D eigenvalue weighted by molar-refractivity contribution is -0.283. The minimum Gasteiger partial charge on any atom is -0.463 e. The molecular formula is C26H40NO15P. The van der Waals surface area contributed by atoms with Gasteiger partial charge in [-0.15, -0.1) is 0 Å². The van der Waals surface area contributed by atoms with Crippen LogP contribution in [0, 0.1) is 0 Å². The maximum Gasteiger partial charge on any atom is 0.470 e. The monoisotopic (exact) mass is 637 g/mol.